The number of hydrogen-bond acceptors (Lipinski definition) is 2. The summed E-state index contributed by atoms with van der Waals surface area (Å²) in [4.78, 5) is 0. The summed E-state index contributed by atoms with van der Waals surface area (Å²) in [7, 11) is 0. The van der Waals surface area contributed by atoms with Gasteiger partial charge in [-0.3, -0.25) is 0 Å². The van der Waals surface area contributed by atoms with Crippen molar-refractivity contribution in [1.82, 2.24) is 0 Å². The fourth-order valence-electron chi connectivity index (χ4n) is 2.89. The van der Waals surface area contributed by atoms with Crippen LogP contribution in [0.3, 0.4) is 0 Å². The maximum absolute atomic E-state index is 6.25. The molecule has 0 amide bonds. The average Bonchev–Trinajstić information content (AvgIpc) is 2.30. The molecular weight excluding hydrogens is 210 g/mol. The van der Waals surface area contributed by atoms with Crippen molar-refractivity contribution in [3.8, 4) is 0 Å². The van der Waals surface area contributed by atoms with Gasteiger partial charge in [-0.2, -0.15) is 0 Å². The van der Waals surface area contributed by atoms with Crippen molar-refractivity contribution < 1.29 is 4.74 Å². The third kappa shape index (κ3) is 4.59. The van der Waals surface area contributed by atoms with Gasteiger partial charge in [-0.15, -0.1) is 0 Å². The first kappa shape index (κ1) is 15.0. The third-order valence-electron chi connectivity index (χ3n) is 4.42. The second-order valence-electron chi connectivity index (χ2n) is 5.92. The van der Waals surface area contributed by atoms with Crippen LogP contribution in [0.25, 0.3) is 0 Å². The van der Waals surface area contributed by atoms with Crippen molar-refractivity contribution in [2.75, 3.05) is 0 Å². The maximum Gasteiger partial charge on any atom is 0.0727 e. The maximum atomic E-state index is 6.25. The summed E-state index contributed by atoms with van der Waals surface area (Å²) < 4.78 is 6.25. The lowest BCUT2D eigenvalue weighted by Gasteiger charge is -2.35. The molecule has 5 unspecified atom stereocenters. The van der Waals surface area contributed by atoms with Gasteiger partial charge >= 0.3 is 0 Å². The zero-order valence-corrected chi connectivity index (χ0v) is 12.1. The number of nitrogens with two attached hydrogens (primary N) is 1. The van der Waals surface area contributed by atoms with Gasteiger partial charge in [0.2, 0.25) is 0 Å². The summed E-state index contributed by atoms with van der Waals surface area (Å²) in [5, 5.41) is 0. The highest BCUT2D eigenvalue weighted by Gasteiger charge is 2.28. The second kappa shape index (κ2) is 7.38. The van der Waals surface area contributed by atoms with E-state index in [1.54, 1.807) is 0 Å². The van der Waals surface area contributed by atoms with Crippen LogP contribution in [0.15, 0.2) is 0 Å². The molecule has 2 N–H and O–H groups in total. The Morgan fingerprint density at radius 1 is 1.18 bits per heavy atom. The van der Waals surface area contributed by atoms with Crippen LogP contribution in [-0.2, 0) is 4.74 Å². The Hall–Kier alpha value is -0.0800. The highest BCUT2D eigenvalue weighted by Crippen LogP contribution is 2.32. The fraction of sp³-hybridized carbons (Fsp3) is 1.00. The van der Waals surface area contributed by atoms with E-state index in [2.05, 4.69) is 27.7 Å². The first-order chi connectivity index (χ1) is 8.08. The molecule has 0 aliphatic heterocycles. The minimum Gasteiger partial charge on any atom is -0.373 e. The second-order valence-corrected chi connectivity index (χ2v) is 5.92. The molecule has 2 heteroatoms. The summed E-state index contributed by atoms with van der Waals surface area (Å²) in [5.41, 5.74) is 6.19. The summed E-state index contributed by atoms with van der Waals surface area (Å²) in [6, 6.07) is 0.222. The predicted octanol–water partition coefficient (Wildman–Crippen LogP) is 3.73. The largest absolute Gasteiger partial charge is 0.373 e. The quantitative estimate of drug-likeness (QED) is 0.769. The van der Waals surface area contributed by atoms with Crippen molar-refractivity contribution in [1.29, 1.82) is 0 Å². The van der Waals surface area contributed by atoms with Gasteiger partial charge in [-0.05, 0) is 43.9 Å². The molecule has 1 fully saturated rings. The molecule has 0 spiro atoms. The Morgan fingerprint density at radius 2 is 1.88 bits per heavy atom. The van der Waals surface area contributed by atoms with Crippen molar-refractivity contribution in [3.05, 3.63) is 0 Å². The van der Waals surface area contributed by atoms with Crippen LogP contribution in [0.1, 0.15) is 66.2 Å². The number of rotatable bonds is 6. The van der Waals surface area contributed by atoms with Crippen molar-refractivity contribution in [3.63, 3.8) is 0 Å². The Kier molecular flexibility index (Phi) is 6.50. The van der Waals surface area contributed by atoms with E-state index in [-0.39, 0.29) is 12.1 Å². The third-order valence-corrected chi connectivity index (χ3v) is 4.42. The lowest BCUT2D eigenvalue weighted by atomic mass is 9.80. The Balaban J connectivity index is 2.40. The van der Waals surface area contributed by atoms with Gasteiger partial charge in [0.1, 0.15) is 0 Å². The van der Waals surface area contributed by atoms with Crippen LogP contribution in [-0.4, -0.2) is 18.2 Å². The zero-order chi connectivity index (χ0) is 12.8. The minimum absolute atomic E-state index is 0.222. The lowest BCUT2D eigenvalue weighted by molar-refractivity contribution is -0.0591. The molecule has 5 atom stereocenters. The summed E-state index contributed by atoms with van der Waals surface area (Å²) >= 11 is 0. The molecule has 0 aromatic heterocycles. The molecule has 17 heavy (non-hydrogen) atoms. The zero-order valence-electron chi connectivity index (χ0n) is 12.1. The van der Waals surface area contributed by atoms with Crippen molar-refractivity contribution in [2.24, 2.45) is 17.6 Å². The van der Waals surface area contributed by atoms with Crippen LogP contribution < -0.4 is 5.73 Å². The van der Waals surface area contributed by atoms with Gasteiger partial charge in [0, 0.05) is 6.04 Å². The van der Waals surface area contributed by atoms with Gasteiger partial charge in [-0.1, -0.05) is 34.1 Å². The Morgan fingerprint density at radius 3 is 2.41 bits per heavy atom. The summed E-state index contributed by atoms with van der Waals surface area (Å²) in [6.07, 6.45) is 7.75. The molecule has 1 aliphatic rings. The topological polar surface area (TPSA) is 35.2 Å². The molecule has 1 rings (SSSR count). The van der Waals surface area contributed by atoms with Crippen molar-refractivity contribution in [2.45, 2.75) is 84.5 Å². The molecule has 1 aliphatic carbocycles. The Bertz CT molecular complexity index is 207. The van der Waals surface area contributed by atoms with Crippen LogP contribution in [0, 0.1) is 11.8 Å². The SMILES string of the molecule is CCCC(N)C(CC)OC1CCC(C)C(C)C1. The first-order valence-corrected chi connectivity index (χ1v) is 7.49. The molecule has 102 valence electrons. The van der Waals surface area contributed by atoms with Gasteiger partial charge in [-0.25, -0.2) is 0 Å². The highest BCUT2D eigenvalue weighted by molar-refractivity contribution is 4.79. The molecule has 0 heterocycles. The number of ether oxygens (including phenoxy) is 1. The number of hydrogen-bond donors (Lipinski definition) is 1. The summed E-state index contributed by atoms with van der Waals surface area (Å²) in [6.45, 7) is 9.10. The monoisotopic (exact) mass is 241 g/mol. The minimum atomic E-state index is 0.222. The van der Waals surface area contributed by atoms with E-state index in [1.165, 1.54) is 19.3 Å². The van der Waals surface area contributed by atoms with Crippen molar-refractivity contribution >= 4 is 0 Å². The average molecular weight is 241 g/mol. The van der Waals surface area contributed by atoms with E-state index in [9.17, 15) is 0 Å². The summed E-state index contributed by atoms with van der Waals surface area (Å²) in [5.74, 6) is 1.66. The standard InChI is InChI=1S/C15H31NO/c1-5-7-14(16)15(6-2)17-13-9-8-11(3)12(4)10-13/h11-15H,5-10,16H2,1-4H3. The Labute approximate surface area is 107 Å². The van der Waals surface area contributed by atoms with E-state index in [4.69, 9.17) is 10.5 Å². The van der Waals surface area contributed by atoms with E-state index in [1.807, 2.05) is 0 Å². The lowest BCUT2D eigenvalue weighted by Crippen LogP contribution is -2.40. The van der Waals surface area contributed by atoms with Crippen LogP contribution >= 0.6 is 0 Å². The van der Waals surface area contributed by atoms with Gasteiger partial charge in [0.05, 0.1) is 12.2 Å². The van der Waals surface area contributed by atoms with Crippen LogP contribution in [0.2, 0.25) is 0 Å². The predicted molar refractivity (Wildman–Crippen MR) is 74.0 cm³/mol. The van der Waals surface area contributed by atoms with E-state index in [0.29, 0.717) is 6.10 Å². The molecule has 0 aromatic rings. The molecule has 0 radical (unpaired) electrons. The van der Waals surface area contributed by atoms with Gasteiger partial charge in [0.15, 0.2) is 0 Å². The smallest absolute Gasteiger partial charge is 0.0727 e. The highest BCUT2D eigenvalue weighted by atomic mass is 16.5. The normalized spacial score (nSPS) is 33.4. The van der Waals surface area contributed by atoms with Gasteiger partial charge in [0.25, 0.3) is 0 Å². The molecule has 1 saturated carbocycles. The van der Waals surface area contributed by atoms with E-state index >= 15 is 0 Å². The first-order valence-electron chi connectivity index (χ1n) is 7.49. The van der Waals surface area contributed by atoms with E-state index < -0.39 is 0 Å². The molecular formula is C15H31NO. The fourth-order valence-corrected chi connectivity index (χ4v) is 2.89. The molecule has 0 saturated heterocycles. The van der Waals surface area contributed by atoms with Gasteiger partial charge < -0.3 is 10.5 Å². The molecule has 0 bridgehead atoms. The van der Waals surface area contributed by atoms with Crippen LogP contribution in [0.4, 0.5) is 0 Å². The molecule has 0 aromatic carbocycles. The van der Waals surface area contributed by atoms with E-state index in [0.717, 1.165) is 31.1 Å². The van der Waals surface area contributed by atoms with Crippen LogP contribution in [0.5, 0.6) is 0 Å². The molecule has 2 nitrogen and oxygen atoms in total.